The summed E-state index contributed by atoms with van der Waals surface area (Å²) in [6.45, 7) is 15.8. The fraction of sp³-hybridized carbons (Fsp3) is 0.714. The van der Waals surface area contributed by atoms with Crippen molar-refractivity contribution in [3.63, 3.8) is 0 Å². The molecule has 4 nitrogen and oxygen atoms in total. The number of quaternary nitrogens is 1. The van der Waals surface area contributed by atoms with Crippen molar-refractivity contribution >= 4 is 0 Å². The molecule has 1 fully saturated rings. The topological polar surface area (TPSA) is 54.1 Å². The number of nitrogens with one attached hydrogen (secondary N) is 1. The molecule has 0 aliphatic carbocycles. The molecular weight excluding hydrogens is 314 g/mol. The van der Waals surface area contributed by atoms with E-state index >= 15 is 0 Å². The minimum atomic E-state index is -0.538. The molecule has 1 aromatic carbocycles. The summed E-state index contributed by atoms with van der Waals surface area (Å²) >= 11 is 0. The first-order valence-electron chi connectivity index (χ1n) is 9.36. The molecule has 3 N–H and O–H groups in total. The van der Waals surface area contributed by atoms with Crippen LogP contribution in [0, 0.1) is 20.8 Å². The molecule has 4 heteroatoms. The van der Waals surface area contributed by atoms with Crippen molar-refractivity contribution < 1.29 is 19.8 Å². The number of ether oxygens (including phenoxy) is 1. The summed E-state index contributed by atoms with van der Waals surface area (Å²) in [7, 11) is 0. The van der Waals surface area contributed by atoms with Gasteiger partial charge in [-0.3, -0.25) is 0 Å². The number of aliphatic hydroxyl groups is 2. The molecule has 1 aliphatic rings. The predicted molar refractivity (Wildman–Crippen MR) is 101 cm³/mol. The van der Waals surface area contributed by atoms with Gasteiger partial charge in [0.2, 0.25) is 0 Å². The highest BCUT2D eigenvalue weighted by molar-refractivity contribution is 5.41. The standard InChI is InChI=1S/C21H35NO3/c1-14-8-15(2)16(3)19(9-14)25-13-18(24)12-22-20(4,5)10-17(23)11-21(22,6)7/h8-9,17-18,23-24H,10-13H2,1-7H3/p+1/t18-/m1/s1. The molecule has 0 radical (unpaired) electrons. The Morgan fingerprint density at radius 3 is 2.24 bits per heavy atom. The number of piperidine rings is 1. The van der Waals surface area contributed by atoms with Gasteiger partial charge < -0.3 is 19.8 Å². The van der Waals surface area contributed by atoms with Gasteiger partial charge >= 0.3 is 0 Å². The second-order valence-electron chi connectivity index (χ2n) is 9.18. The van der Waals surface area contributed by atoms with E-state index in [0.717, 1.165) is 24.2 Å². The first-order valence-corrected chi connectivity index (χ1v) is 9.36. The third kappa shape index (κ3) is 4.75. The highest BCUT2D eigenvalue weighted by atomic mass is 16.5. The summed E-state index contributed by atoms with van der Waals surface area (Å²) < 4.78 is 5.95. The van der Waals surface area contributed by atoms with Crippen LogP contribution in [-0.4, -0.2) is 46.7 Å². The number of hydrogen-bond acceptors (Lipinski definition) is 3. The lowest BCUT2D eigenvalue weighted by atomic mass is 9.78. The number of aliphatic hydroxyl groups excluding tert-OH is 2. The van der Waals surface area contributed by atoms with Crippen molar-refractivity contribution in [2.45, 2.75) is 84.6 Å². The highest BCUT2D eigenvalue weighted by Crippen LogP contribution is 2.25. The summed E-state index contributed by atoms with van der Waals surface area (Å²) in [5, 5.41) is 20.8. The normalized spacial score (nSPS) is 26.3. The lowest BCUT2D eigenvalue weighted by Gasteiger charge is -2.51. The van der Waals surface area contributed by atoms with Crippen LogP contribution in [0.3, 0.4) is 0 Å². The zero-order valence-corrected chi connectivity index (χ0v) is 16.9. The lowest BCUT2D eigenvalue weighted by molar-refractivity contribution is -1.00. The molecule has 1 aliphatic heterocycles. The van der Waals surface area contributed by atoms with Gasteiger partial charge in [0.15, 0.2) is 0 Å². The van der Waals surface area contributed by atoms with Crippen molar-refractivity contribution in [1.29, 1.82) is 0 Å². The SMILES string of the molecule is Cc1cc(C)c(C)c(OC[C@H](O)C[NH+]2C(C)(C)CC(O)CC2(C)C)c1. The molecule has 142 valence electrons. The molecular formula is C21H36NO3+. The third-order valence-electron chi connectivity index (χ3n) is 5.76. The van der Waals surface area contributed by atoms with Crippen molar-refractivity contribution in [3.05, 3.63) is 28.8 Å². The summed E-state index contributed by atoms with van der Waals surface area (Å²) in [6.07, 6.45) is 0.717. The first-order chi connectivity index (χ1) is 11.4. The van der Waals surface area contributed by atoms with E-state index in [1.165, 1.54) is 16.0 Å². The molecule has 2 rings (SSSR count). The Kier molecular flexibility index (Phi) is 5.87. The van der Waals surface area contributed by atoms with E-state index in [1.807, 2.05) is 6.07 Å². The summed E-state index contributed by atoms with van der Waals surface area (Å²) in [5.74, 6) is 0.860. The molecule has 25 heavy (non-hydrogen) atoms. The van der Waals surface area contributed by atoms with Gasteiger partial charge in [-0.15, -0.1) is 0 Å². The van der Waals surface area contributed by atoms with E-state index in [-0.39, 0.29) is 17.2 Å². The second kappa shape index (κ2) is 7.26. The van der Waals surface area contributed by atoms with Crippen LogP contribution in [0.4, 0.5) is 0 Å². The minimum Gasteiger partial charge on any atom is -0.490 e. The van der Waals surface area contributed by atoms with Gasteiger partial charge in [0.1, 0.15) is 25.0 Å². The fourth-order valence-corrected chi connectivity index (χ4v) is 4.60. The molecule has 0 saturated carbocycles. The maximum atomic E-state index is 10.6. The highest BCUT2D eigenvalue weighted by Gasteiger charge is 2.49. The fourth-order valence-electron chi connectivity index (χ4n) is 4.60. The van der Waals surface area contributed by atoms with Crippen molar-refractivity contribution in [1.82, 2.24) is 0 Å². The van der Waals surface area contributed by atoms with Crippen LogP contribution in [0.25, 0.3) is 0 Å². The van der Waals surface area contributed by atoms with Gasteiger partial charge in [0, 0.05) is 12.8 Å². The number of likely N-dealkylation sites (tertiary alicyclic amines) is 1. The van der Waals surface area contributed by atoms with E-state index < -0.39 is 6.10 Å². The van der Waals surface area contributed by atoms with E-state index in [9.17, 15) is 10.2 Å². The zero-order chi connectivity index (χ0) is 19.0. The Labute approximate surface area is 152 Å². The first kappa shape index (κ1) is 20.2. The molecule has 0 unspecified atom stereocenters. The van der Waals surface area contributed by atoms with Crippen LogP contribution in [0.2, 0.25) is 0 Å². The molecule has 1 heterocycles. The van der Waals surface area contributed by atoms with Crippen LogP contribution < -0.4 is 9.64 Å². The zero-order valence-electron chi connectivity index (χ0n) is 16.9. The van der Waals surface area contributed by atoms with Crippen LogP contribution >= 0.6 is 0 Å². The maximum absolute atomic E-state index is 10.6. The molecule has 1 saturated heterocycles. The molecule has 0 spiro atoms. The maximum Gasteiger partial charge on any atom is 0.137 e. The molecule has 0 amide bonds. The number of aryl methyl sites for hydroxylation is 2. The quantitative estimate of drug-likeness (QED) is 0.761. The lowest BCUT2D eigenvalue weighted by Crippen LogP contribution is -3.27. The van der Waals surface area contributed by atoms with Gasteiger partial charge in [0.05, 0.1) is 17.2 Å². The Morgan fingerprint density at radius 1 is 1.12 bits per heavy atom. The predicted octanol–water partition coefficient (Wildman–Crippen LogP) is 1.95. The smallest absolute Gasteiger partial charge is 0.137 e. The van der Waals surface area contributed by atoms with Crippen LogP contribution in [0.1, 0.15) is 57.2 Å². The van der Waals surface area contributed by atoms with Gasteiger partial charge in [0.25, 0.3) is 0 Å². The Balaban J connectivity index is 2.03. The summed E-state index contributed by atoms with van der Waals surface area (Å²) in [4.78, 5) is 1.33. The summed E-state index contributed by atoms with van der Waals surface area (Å²) in [5.41, 5.74) is 3.37. The van der Waals surface area contributed by atoms with Crippen molar-refractivity contribution in [2.75, 3.05) is 13.2 Å². The largest absolute Gasteiger partial charge is 0.490 e. The van der Waals surface area contributed by atoms with Crippen LogP contribution in [0.5, 0.6) is 5.75 Å². The van der Waals surface area contributed by atoms with E-state index in [2.05, 4.69) is 54.5 Å². The Morgan fingerprint density at radius 2 is 1.68 bits per heavy atom. The second-order valence-corrected chi connectivity index (χ2v) is 9.18. The Bertz CT molecular complexity index is 591. The third-order valence-corrected chi connectivity index (χ3v) is 5.76. The Hall–Kier alpha value is -1.10. The van der Waals surface area contributed by atoms with Gasteiger partial charge in [-0.1, -0.05) is 6.07 Å². The molecule has 1 aromatic rings. The van der Waals surface area contributed by atoms with Crippen molar-refractivity contribution in [3.8, 4) is 5.75 Å². The van der Waals surface area contributed by atoms with E-state index in [0.29, 0.717) is 13.2 Å². The minimum absolute atomic E-state index is 0.0714. The van der Waals surface area contributed by atoms with Gasteiger partial charge in [-0.2, -0.15) is 0 Å². The number of benzene rings is 1. The van der Waals surface area contributed by atoms with Crippen LogP contribution in [0.15, 0.2) is 12.1 Å². The molecule has 0 aromatic heterocycles. The van der Waals surface area contributed by atoms with Gasteiger partial charge in [-0.25, -0.2) is 0 Å². The van der Waals surface area contributed by atoms with E-state index in [1.54, 1.807) is 0 Å². The number of hydrogen-bond donors (Lipinski definition) is 3. The molecule has 1 atom stereocenters. The average Bonchev–Trinajstić information content (AvgIpc) is 2.44. The molecule has 0 bridgehead atoms. The van der Waals surface area contributed by atoms with E-state index in [4.69, 9.17) is 4.74 Å². The van der Waals surface area contributed by atoms with Gasteiger partial charge in [-0.05, 0) is 71.2 Å². The number of rotatable bonds is 5. The monoisotopic (exact) mass is 350 g/mol. The average molecular weight is 351 g/mol. The summed E-state index contributed by atoms with van der Waals surface area (Å²) in [6, 6.07) is 4.18. The van der Waals surface area contributed by atoms with Crippen molar-refractivity contribution in [2.24, 2.45) is 0 Å². The van der Waals surface area contributed by atoms with Crippen LogP contribution in [-0.2, 0) is 0 Å².